The van der Waals surface area contributed by atoms with Gasteiger partial charge in [0.25, 0.3) is 0 Å². The van der Waals surface area contributed by atoms with Crippen molar-refractivity contribution in [3.63, 3.8) is 0 Å². The first-order valence-electron chi connectivity index (χ1n) is 16.1. The molecule has 3 atom stereocenters. The lowest BCUT2D eigenvalue weighted by Gasteiger charge is -2.55. The fourth-order valence-electron chi connectivity index (χ4n) is 7.81. The van der Waals surface area contributed by atoms with Gasteiger partial charge in [-0.1, -0.05) is 19.1 Å². The summed E-state index contributed by atoms with van der Waals surface area (Å²) in [6, 6.07) is 9.16. The van der Waals surface area contributed by atoms with Crippen LogP contribution in [0.1, 0.15) is 54.3 Å². The molecule has 0 radical (unpaired) electrons. The molecule has 3 saturated heterocycles. The van der Waals surface area contributed by atoms with E-state index in [2.05, 4.69) is 42.8 Å². The average Bonchev–Trinajstić information content (AvgIpc) is 3.36. The molecule has 47 heavy (non-hydrogen) atoms. The molecule has 1 spiro atoms. The smallest absolute Gasteiger partial charge is 0.245 e. The van der Waals surface area contributed by atoms with Gasteiger partial charge in [0.15, 0.2) is 11.6 Å². The molecule has 3 aliphatic heterocycles. The summed E-state index contributed by atoms with van der Waals surface area (Å²) in [6.45, 7) is 9.79. The number of piperidine rings is 1. The number of rotatable bonds is 9. The van der Waals surface area contributed by atoms with Gasteiger partial charge in [-0.3, -0.25) is 24.0 Å². The predicted molar refractivity (Wildman–Crippen MR) is 176 cm³/mol. The van der Waals surface area contributed by atoms with Crippen molar-refractivity contribution in [3.8, 4) is 11.1 Å². The minimum atomic E-state index is -0.526. The molecule has 4 aromatic rings. The van der Waals surface area contributed by atoms with Gasteiger partial charge in [-0.25, -0.2) is 15.0 Å². The first-order chi connectivity index (χ1) is 22.5. The van der Waals surface area contributed by atoms with Crippen LogP contribution in [0.25, 0.3) is 22.0 Å². The Morgan fingerprint density at radius 1 is 1.04 bits per heavy atom. The normalized spacial score (nSPS) is 24.2. The molecule has 4 fully saturated rings. The highest BCUT2D eigenvalue weighted by molar-refractivity contribution is 9.10. The van der Waals surface area contributed by atoms with Crippen molar-refractivity contribution in [1.82, 2.24) is 34.5 Å². The number of ether oxygens (including phenoxy) is 1. The van der Waals surface area contributed by atoms with Crippen LogP contribution in [0.2, 0.25) is 0 Å². The Morgan fingerprint density at radius 3 is 2.51 bits per heavy atom. The summed E-state index contributed by atoms with van der Waals surface area (Å²) >= 11 is 3.50. The van der Waals surface area contributed by atoms with E-state index in [-0.39, 0.29) is 41.9 Å². The van der Waals surface area contributed by atoms with E-state index in [9.17, 15) is 14.4 Å². The van der Waals surface area contributed by atoms with Gasteiger partial charge < -0.3 is 9.64 Å². The molecule has 8 rings (SSSR count). The quantitative estimate of drug-likeness (QED) is 0.187. The number of nitrogens with zero attached hydrogens (tertiary/aromatic N) is 7. The average molecular weight is 699 g/mol. The zero-order valence-electron chi connectivity index (χ0n) is 26.7. The third-order valence-electron chi connectivity index (χ3n) is 10.5. The van der Waals surface area contributed by atoms with Crippen LogP contribution in [-0.2, 0) is 33.8 Å². The Labute approximate surface area is 280 Å². The maximum Gasteiger partial charge on any atom is 0.245 e. The van der Waals surface area contributed by atoms with Crippen LogP contribution in [-0.4, -0.2) is 90.4 Å². The number of halogens is 1. The van der Waals surface area contributed by atoms with Crippen molar-refractivity contribution >= 4 is 44.3 Å². The van der Waals surface area contributed by atoms with Crippen molar-refractivity contribution in [2.45, 2.75) is 65.2 Å². The van der Waals surface area contributed by atoms with E-state index in [1.165, 1.54) is 6.92 Å². The van der Waals surface area contributed by atoms with E-state index in [4.69, 9.17) is 9.72 Å². The molecular formula is C35H36BrN7O4. The van der Waals surface area contributed by atoms with Gasteiger partial charge in [-0.15, -0.1) is 0 Å². The largest absolute Gasteiger partial charge is 0.380 e. The molecule has 0 N–H and O–H groups in total. The number of pyridine rings is 1. The Morgan fingerprint density at radius 2 is 1.81 bits per heavy atom. The second kappa shape index (κ2) is 11.1. The minimum Gasteiger partial charge on any atom is -0.380 e. The highest BCUT2D eigenvalue weighted by Gasteiger charge is 2.64. The summed E-state index contributed by atoms with van der Waals surface area (Å²) in [6.07, 6.45) is 5.18. The Balaban J connectivity index is 1.03. The summed E-state index contributed by atoms with van der Waals surface area (Å²) in [4.78, 5) is 58.3. The van der Waals surface area contributed by atoms with Crippen LogP contribution in [0.5, 0.6) is 0 Å². The number of likely N-dealkylation sites (tertiary alicyclic amines) is 2. The molecule has 1 amide bonds. The summed E-state index contributed by atoms with van der Waals surface area (Å²) < 4.78 is 7.72. The summed E-state index contributed by atoms with van der Waals surface area (Å²) in [5.41, 5.74) is 4.71. The fourth-order valence-corrected chi connectivity index (χ4v) is 8.16. The predicted octanol–water partition coefficient (Wildman–Crippen LogP) is 4.19. The number of carbonyl (C=O) groups is 3. The highest BCUT2D eigenvalue weighted by atomic mass is 79.9. The molecule has 1 aliphatic carbocycles. The monoisotopic (exact) mass is 697 g/mol. The van der Waals surface area contributed by atoms with Crippen LogP contribution in [0, 0.1) is 17.8 Å². The first kappa shape index (κ1) is 30.5. The number of benzene rings is 1. The highest BCUT2D eigenvalue weighted by Crippen LogP contribution is 2.59. The van der Waals surface area contributed by atoms with Gasteiger partial charge in [-0.05, 0) is 70.4 Å². The van der Waals surface area contributed by atoms with Crippen molar-refractivity contribution in [2.24, 2.45) is 10.8 Å². The summed E-state index contributed by atoms with van der Waals surface area (Å²) in [5.74, 6) is 0.329. The van der Waals surface area contributed by atoms with Gasteiger partial charge in [-0.2, -0.15) is 5.10 Å². The van der Waals surface area contributed by atoms with E-state index < -0.39 is 6.04 Å². The molecule has 1 aromatic carbocycles. The lowest BCUT2D eigenvalue weighted by molar-refractivity contribution is -0.191. The first-order valence-corrected chi connectivity index (χ1v) is 16.9. The van der Waals surface area contributed by atoms with E-state index in [1.807, 2.05) is 37.3 Å². The minimum absolute atomic E-state index is 0.00537. The molecule has 0 bridgehead atoms. The number of aromatic nitrogens is 5. The van der Waals surface area contributed by atoms with Gasteiger partial charge in [0.1, 0.15) is 22.7 Å². The van der Waals surface area contributed by atoms with Gasteiger partial charge in [0, 0.05) is 61.4 Å². The molecule has 3 aromatic heterocycles. The number of carbonyl (C=O) groups excluding carboxylic acids is 3. The van der Waals surface area contributed by atoms with Crippen LogP contribution in [0.3, 0.4) is 0 Å². The maximum absolute atomic E-state index is 14.1. The molecule has 12 heteroatoms. The molecule has 0 unspecified atom stereocenters. The number of fused-ring (bicyclic) bond motifs is 2. The zero-order chi connectivity index (χ0) is 32.7. The van der Waals surface area contributed by atoms with Crippen LogP contribution < -0.4 is 0 Å². The lowest BCUT2D eigenvalue weighted by Crippen LogP contribution is -2.65. The van der Waals surface area contributed by atoms with Crippen molar-refractivity contribution in [2.75, 3.05) is 26.3 Å². The summed E-state index contributed by atoms with van der Waals surface area (Å²) in [7, 11) is 0. The topological polar surface area (TPSA) is 123 Å². The summed E-state index contributed by atoms with van der Waals surface area (Å²) in [5, 5.41) is 5.27. The second-order valence-corrected chi connectivity index (χ2v) is 15.0. The third-order valence-corrected chi connectivity index (χ3v) is 10.9. The van der Waals surface area contributed by atoms with Crippen molar-refractivity contribution in [1.29, 1.82) is 0 Å². The van der Waals surface area contributed by atoms with E-state index in [0.29, 0.717) is 38.9 Å². The van der Waals surface area contributed by atoms with Gasteiger partial charge >= 0.3 is 0 Å². The van der Waals surface area contributed by atoms with Gasteiger partial charge in [0.05, 0.1) is 36.9 Å². The SMILES string of the molecule is CC(=O)c1nn(CC(=O)N2[C@H](C(=O)Cc3nc(Br)ccc3CN3CC4(COC4)C3)C[C@@]3(C)C[C@@H]23)c2ccc(-c3cnc(C)nc3)cc12. The second-order valence-electron chi connectivity index (χ2n) is 14.2. The molecule has 242 valence electrons. The molecule has 6 heterocycles. The Bertz CT molecular complexity index is 1950. The van der Waals surface area contributed by atoms with E-state index in [0.717, 1.165) is 61.7 Å². The third kappa shape index (κ3) is 5.40. The molecular weight excluding hydrogens is 662 g/mol. The van der Waals surface area contributed by atoms with Crippen LogP contribution in [0.4, 0.5) is 0 Å². The van der Waals surface area contributed by atoms with E-state index >= 15 is 0 Å². The molecule has 11 nitrogen and oxygen atoms in total. The Kier molecular flexibility index (Phi) is 7.19. The number of aryl methyl sites for hydroxylation is 1. The van der Waals surface area contributed by atoms with Crippen LogP contribution >= 0.6 is 15.9 Å². The fraction of sp³-hybridized carbons (Fsp3) is 0.457. The lowest BCUT2D eigenvalue weighted by atomic mass is 9.78. The number of hydrogen-bond acceptors (Lipinski definition) is 9. The van der Waals surface area contributed by atoms with Crippen molar-refractivity contribution < 1.29 is 19.1 Å². The molecule has 1 saturated carbocycles. The Hall–Kier alpha value is -3.87. The van der Waals surface area contributed by atoms with E-state index in [1.54, 1.807) is 22.0 Å². The zero-order valence-corrected chi connectivity index (χ0v) is 28.3. The van der Waals surface area contributed by atoms with Crippen LogP contribution in [0.15, 0.2) is 47.3 Å². The van der Waals surface area contributed by atoms with Crippen molar-refractivity contribution in [3.05, 3.63) is 70.1 Å². The van der Waals surface area contributed by atoms with Gasteiger partial charge in [0.2, 0.25) is 5.91 Å². The number of amides is 1. The number of Topliss-reactive ketones (excluding diaryl/α,β-unsaturated/α-hetero) is 2. The molecule has 4 aliphatic rings. The maximum atomic E-state index is 14.1. The number of ketones is 2. The standard InChI is InChI=1S/C35H36BrN7O4/c1-20(44)33-25-8-22(24-12-37-21(2)38-13-24)4-6-27(25)42(40-33)15-32(46)43-28(10-34(3)11-30(34)43)29(45)9-26-23(5-7-31(36)39-26)14-41-16-35(17-41)18-47-19-35/h4-8,12-13,28,30H,9-11,14-19H2,1-3H3/t28-,30+,34-/m0/s1. The number of hydrogen-bond donors (Lipinski definition) is 0.